The Morgan fingerprint density at radius 2 is 1.85 bits per heavy atom. The molecular formula is C23H30O3. The summed E-state index contributed by atoms with van der Waals surface area (Å²) in [5.41, 5.74) is 3.15. The standard InChI is InChI=1S/C23H30O3/c1-2-7-16(6-1)19-12-17-8-5-9-18-21(17)20(25-19)13-23(26-18)14-22(15-24-23)10-3-4-11-22/h5,8-9,16,19-20H,1-4,6-7,10-15H2. The van der Waals surface area contributed by atoms with Gasteiger partial charge in [0, 0.05) is 23.8 Å². The van der Waals surface area contributed by atoms with Gasteiger partial charge in [0.2, 0.25) is 5.79 Å². The van der Waals surface area contributed by atoms with Crippen LogP contribution in [0.5, 0.6) is 5.75 Å². The van der Waals surface area contributed by atoms with E-state index in [1.54, 1.807) is 0 Å². The summed E-state index contributed by atoms with van der Waals surface area (Å²) in [5, 5.41) is 0. The lowest BCUT2D eigenvalue weighted by molar-refractivity contribution is -0.200. The van der Waals surface area contributed by atoms with E-state index in [1.165, 1.54) is 62.5 Å². The molecule has 140 valence electrons. The third kappa shape index (κ3) is 2.39. The van der Waals surface area contributed by atoms with Gasteiger partial charge >= 0.3 is 0 Å². The van der Waals surface area contributed by atoms with Crippen LogP contribution in [-0.4, -0.2) is 18.5 Å². The number of ether oxygens (including phenoxy) is 3. The zero-order valence-corrected chi connectivity index (χ0v) is 15.7. The van der Waals surface area contributed by atoms with Gasteiger partial charge in [0.05, 0.1) is 18.8 Å². The molecule has 3 aliphatic heterocycles. The van der Waals surface area contributed by atoms with E-state index < -0.39 is 5.79 Å². The second-order valence-electron chi connectivity index (χ2n) is 9.63. The quantitative estimate of drug-likeness (QED) is 0.683. The molecule has 1 aromatic rings. The summed E-state index contributed by atoms with van der Waals surface area (Å²) in [5.74, 6) is 1.33. The van der Waals surface area contributed by atoms with Crippen LogP contribution < -0.4 is 4.74 Å². The van der Waals surface area contributed by atoms with Crippen molar-refractivity contribution in [3.05, 3.63) is 29.3 Å². The minimum atomic E-state index is -0.446. The van der Waals surface area contributed by atoms with Crippen molar-refractivity contribution in [2.75, 3.05) is 6.61 Å². The van der Waals surface area contributed by atoms with Crippen LogP contribution in [0.1, 0.15) is 81.4 Å². The fourth-order valence-corrected chi connectivity index (χ4v) is 6.65. The first-order valence-electron chi connectivity index (χ1n) is 10.8. The molecule has 3 unspecified atom stereocenters. The van der Waals surface area contributed by atoms with Gasteiger partial charge in [0.15, 0.2) is 0 Å². The largest absolute Gasteiger partial charge is 0.462 e. The summed E-state index contributed by atoms with van der Waals surface area (Å²) in [6.07, 6.45) is 14.3. The first-order valence-corrected chi connectivity index (χ1v) is 10.8. The van der Waals surface area contributed by atoms with E-state index >= 15 is 0 Å². The second kappa shape index (κ2) is 5.72. The minimum absolute atomic E-state index is 0.158. The van der Waals surface area contributed by atoms with E-state index in [9.17, 15) is 0 Å². The summed E-state index contributed by atoms with van der Waals surface area (Å²) >= 11 is 0. The Balaban J connectivity index is 1.33. The molecule has 3 fully saturated rings. The lowest BCUT2D eigenvalue weighted by Crippen LogP contribution is -2.45. The van der Waals surface area contributed by atoms with Gasteiger partial charge in [-0.3, -0.25) is 0 Å². The Kier molecular flexibility index (Phi) is 3.51. The molecule has 1 aromatic carbocycles. The summed E-state index contributed by atoms with van der Waals surface area (Å²) in [6.45, 7) is 0.876. The molecule has 6 rings (SSSR count). The number of hydrogen-bond acceptors (Lipinski definition) is 3. The molecule has 26 heavy (non-hydrogen) atoms. The summed E-state index contributed by atoms with van der Waals surface area (Å²) in [4.78, 5) is 0. The van der Waals surface area contributed by atoms with Crippen molar-refractivity contribution in [2.24, 2.45) is 11.3 Å². The third-order valence-electron chi connectivity index (χ3n) is 7.91. The highest BCUT2D eigenvalue weighted by Crippen LogP contribution is 2.57. The lowest BCUT2D eigenvalue weighted by Gasteiger charge is -2.44. The van der Waals surface area contributed by atoms with Crippen molar-refractivity contribution in [2.45, 2.75) is 88.6 Å². The Labute approximate surface area is 156 Å². The fourth-order valence-electron chi connectivity index (χ4n) is 6.65. The molecule has 3 nitrogen and oxygen atoms in total. The molecule has 3 heterocycles. The monoisotopic (exact) mass is 354 g/mol. The Morgan fingerprint density at radius 1 is 1.00 bits per heavy atom. The molecule has 0 radical (unpaired) electrons. The van der Waals surface area contributed by atoms with Gasteiger partial charge in [-0.05, 0) is 49.7 Å². The SMILES string of the molecule is c1cc2c3c(c1)OC1(CC3OC(C3CCCC3)C2)CC2(CCCC2)CO1. The van der Waals surface area contributed by atoms with Crippen LogP contribution in [0.3, 0.4) is 0 Å². The van der Waals surface area contributed by atoms with Gasteiger partial charge < -0.3 is 14.2 Å². The van der Waals surface area contributed by atoms with Crippen molar-refractivity contribution in [3.8, 4) is 5.75 Å². The molecular weight excluding hydrogens is 324 g/mol. The number of hydrogen-bond donors (Lipinski definition) is 0. The maximum absolute atomic E-state index is 6.76. The normalized spacial score (nSPS) is 38.0. The molecule has 0 aromatic heterocycles. The Morgan fingerprint density at radius 3 is 2.69 bits per heavy atom. The Hall–Kier alpha value is -1.06. The molecule has 3 heteroatoms. The van der Waals surface area contributed by atoms with Crippen LogP contribution in [0.25, 0.3) is 0 Å². The van der Waals surface area contributed by atoms with Crippen LogP contribution in [-0.2, 0) is 15.9 Å². The van der Waals surface area contributed by atoms with Crippen molar-refractivity contribution < 1.29 is 14.2 Å². The summed E-state index contributed by atoms with van der Waals surface area (Å²) < 4.78 is 19.8. The summed E-state index contributed by atoms with van der Waals surface area (Å²) in [6, 6.07) is 6.60. The van der Waals surface area contributed by atoms with Crippen molar-refractivity contribution in [1.29, 1.82) is 0 Å². The molecule has 5 aliphatic rings. The fraction of sp³-hybridized carbons (Fsp3) is 0.739. The van der Waals surface area contributed by atoms with Crippen LogP contribution in [0.15, 0.2) is 18.2 Å². The van der Waals surface area contributed by atoms with Crippen LogP contribution in [0.4, 0.5) is 0 Å². The van der Waals surface area contributed by atoms with Crippen molar-refractivity contribution in [3.63, 3.8) is 0 Å². The molecule has 1 saturated heterocycles. The van der Waals surface area contributed by atoms with Crippen LogP contribution in [0.2, 0.25) is 0 Å². The van der Waals surface area contributed by atoms with E-state index in [0.717, 1.165) is 37.5 Å². The molecule has 0 bridgehead atoms. The van der Waals surface area contributed by atoms with E-state index in [0.29, 0.717) is 11.5 Å². The van der Waals surface area contributed by atoms with E-state index in [4.69, 9.17) is 14.2 Å². The minimum Gasteiger partial charge on any atom is -0.462 e. The zero-order valence-electron chi connectivity index (χ0n) is 15.7. The average Bonchev–Trinajstić information content (AvgIpc) is 3.38. The molecule has 2 spiro atoms. The molecule has 2 saturated carbocycles. The van der Waals surface area contributed by atoms with Gasteiger partial charge in [-0.1, -0.05) is 37.8 Å². The van der Waals surface area contributed by atoms with Gasteiger partial charge in [0.25, 0.3) is 0 Å². The molecule has 0 amide bonds. The van der Waals surface area contributed by atoms with Gasteiger partial charge in [0.1, 0.15) is 5.75 Å². The summed E-state index contributed by atoms with van der Waals surface area (Å²) in [7, 11) is 0. The predicted molar refractivity (Wildman–Crippen MR) is 99.2 cm³/mol. The van der Waals surface area contributed by atoms with Crippen LogP contribution >= 0.6 is 0 Å². The molecule has 0 N–H and O–H groups in total. The first kappa shape index (κ1) is 15.9. The van der Waals surface area contributed by atoms with Crippen molar-refractivity contribution >= 4 is 0 Å². The topological polar surface area (TPSA) is 27.7 Å². The predicted octanol–water partition coefficient (Wildman–Crippen LogP) is 5.32. The highest BCUT2D eigenvalue weighted by Gasteiger charge is 2.56. The zero-order chi connectivity index (χ0) is 17.2. The van der Waals surface area contributed by atoms with Gasteiger partial charge in [-0.25, -0.2) is 0 Å². The highest BCUT2D eigenvalue weighted by molar-refractivity contribution is 5.45. The van der Waals surface area contributed by atoms with Crippen LogP contribution in [0, 0.1) is 11.3 Å². The maximum atomic E-state index is 6.76. The Bertz CT molecular complexity index is 701. The second-order valence-corrected chi connectivity index (χ2v) is 9.63. The first-order chi connectivity index (χ1) is 12.7. The van der Waals surface area contributed by atoms with Gasteiger partial charge in [-0.15, -0.1) is 0 Å². The third-order valence-corrected chi connectivity index (χ3v) is 7.91. The smallest absolute Gasteiger partial charge is 0.214 e. The van der Waals surface area contributed by atoms with Crippen molar-refractivity contribution in [1.82, 2.24) is 0 Å². The van der Waals surface area contributed by atoms with E-state index in [1.807, 2.05) is 0 Å². The van der Waals surface area contributed by atoms with Gasteiger partial charge in [-0.2, -0.15) is 0 Å². The highest BCUT2D eigenvalue weighted by atomic mass is 16.7. The number of rotatable bonds is 1. The molecule has 3 atom stereocenters. The molecule has 2 aliphatic carbocycles. The van der Waals surface area contributed by atoms with E-state index in [2.05, 4.69) is 18.2 Å². The average molecular weight is 354 g/mol. The number of benzene rings is 1. The van der Waals surface area contributed by atoms with E-state index in [-0.39, 0.29) is 6.10 Å². The maximum Gasteiger partial charge on any atom is 0.214 e. The lowest BCUT2D eigenvalue weighted by atomic mass is 9.79.